The number of hydrogen-bond donors (Lipinski definition) is 0. The largest absolute Gasteiger partial charge is 0.311 e. The van der Waals surface area contributed by atoms with Crippen LogP contribution >= 0.6 is 0 Å². The van der Waals surface area contributed by atoms with Crippen molar-refractivity contribution >= 4 is 11.2 Å². The van der Waals surface area contributed by atoms with Gasteiger partial charge in [-0.15, -0.1) is 0 Å². The molecule has 0 aliphatic carbocycles. The molecule has 1 atom stereocenters. The third-order valence-electron chi connectivity index (χ3n) is 4.40. The lowest BCUT2D eigenvalue weighted by Gasteiger charge is -2.34. The Morgan fingerprint density at radius 3 is 2.95 bits per heavy atom. The maximum atomic E-state index is 4.95. The van der Waals surface area contributed by atoms with Crippen LogP contribution in [0.1, 0.15) is 51.9 Å². The molecular weight excluding hydrogens is 260 g/mol. The third-order valence-corrected chi connectivity index (χ3v) is 4.40. The van der Waals surface area contributed by atoms with E-state index in [1.165, 1.54) is 31.6 Å². The van der Waals surface area contributed by atoms with Gasteiger partial charge in [0, 0.05) is 12.7 Å². The highest BCUT2D eigenvalue weighted by molar-refractivity contribution is 5.71. The van der Waals surface area contributed by atoms with Gasteiger partial charge in [0.25, 0.3) is 0 Å². The van der Waals surface area contributed by atoms with E-state index in [0.29, 0.717) is 12.0 Å². The van der Waals surface area contributed by atoms with Gasteiger partial charge in [-0.25, -0.2) is 9.97 Å². The van der Waals surface area contributed by atoms with Crippen LogP contribution in [-0.4, -0.2) is 32.5 Å². The van der Waals surface area contributed by atoms with Gasteiger partial charge in [0.15, 0.2) is 5.65 Å². The molecule has 0 spiro atoms. The highest BCUT2D eigenvalue weighted by Crippen LogP contribution is 2.32. The van der Waals surface area contributed by atoms with Crippen molar-refractivity contribution in [1.82, 2.24) is 19.4 Å². The molecule has 0 N–H and O–H groups in total. The van der Waals surface area contributed by atoms with Crippen molar-refractivity contribution in [2.24, 2.45) is 5.92 Å². The zero-order valence-corrected chi connectivity index (χ0v) is 13.4. The predicted molar refractivity (Wildman–Crippen MR) is 86.2 cm³/mol. The first kappa shape index (κ1) is 14.5. The van der Waals surface area contributed by atoms with Crippen LogP contribution in [0, 0.1) is 5.92 Å². The molecule has 0 radical (unpaired) electrons. The Bertz CT molecular complexity index is 602. The summed E-state index contributed by atoms with van der Waals surface area (Å²) < 4.78 is 2.36. The lowest BCUT2D eigenvalue weighted by molar-refractivity contribution is 0.146. The lowest BCUT2D eigenvalue weighted by atomic mass is 10.0. The number of aromatic nitrogens is 3. The summed E-state index contributed by atoms with van der Waals surface area (Å²) in [5, 5.41) is 0. The molecule has 2 aromatic rings. The Balaban J connectivity index is 2.07. The molecule has 0 saturated carbocycles. The van der Waals surface area contributed by atoms with Crippen molar-refractivity contribution in [3.63, 3.8) is 0 Å². The number of likely N-dealkylation sites (tertiary alicyclic amines) is 1. The average Bonchev–Trinajstić information content (AvgIpc) is 2.85. The number of pyridine rings is 1. The Morgan fingerprint density at radius 1 is 1.33 bits per heavy atom. The van der Waals surface area contributed by atoms with Crippen molar-refractivity contribution in [3.8, 4) is 0 Å². The van der Waals surface area contributed by atoms with E-state index in [9.17, 15) is 0 Å². The van der Waals surface area contributed by atoms with Crippen LogP contribution in [0.15, 0.2) is 18.3 Å². The maximum Gasteiger partial charge on any atom is 0.160 e. The van der Waals surface area contributed by atoms with Crippen LogP contribution in [0.25, 0.3) is 11.2 Å². The summed E-state index contributed by atoms with van der Waals surface area (Å²) in [4.78, 5) is 12.1. The Kier molecular flexibility index (Phi) is 4.24. The first-order valence-electron chi connectivity index (χ1n) is 8.26. The lowest BCUT2D eigenvalue weighted by Crippen LogP contribution is -2.35. The standard InChI is InChI=1S/C17H26N4/c1-4-20-11-6-5-9-15(20)17-19-14-8-7-10-18-16(14)21(17)12-13(2)3/h7-8,10,13,15H,4-6,9,11-12H2,1-3H3. The van der Waals surface area contributed by atoms with E-state index >= 15 is 0 Å². The topological polar surface area (TPSA) is 34.0 Å². The second kappa shape index (κ2) is 6.14. The van der Waals surface area contributed by atoms with Gasteiger partial charge >= 0.3 is 0 Å². The van der Waals surface area contributed by atoms with Crippen molar-refractivity contribution < 1.29 is 0 Å². The fraction of sp³-hybridized carbons (Fsp3) is 0.647. The van der Waals surface area contributed by atoms with E-state index in [2.05, 4.69) is 41.3 Å². The zero-order valence-electron chi connectivity index (χ0n) is 13.4. The highest BCUT2D eigenvalue weighted by Gasteiger charge is 2.28. The van der Waals surface area contributed by atoms with Gasteiger partial charge in [0.2, 0.25) is 0 Å². The minimum atomic E-state index is 0.455. The van der Waals surface area contributed by atoms with Crippen LogP contribution < -0.4 is 0 Å². The number of rotatable bonds is 4. The van der Waals surface area contributed by atoms with Crippen molar-refractivity contribution in [1.29, 1.82) is 0 Å². The molecule has 2 aromatic heterocycles. The van der Waals surface area contributed by atoms with E-state index in [4.69, 9.17) is 4.98 Å². The average molecular weight is 286 g/mol. The second-order valence-corrected chi connectivity index (χ2v) is 6.46. The maximum absolute atomic E-state index is 4.95. The first-order valence-corrected chi connectivity index (χ1v) is 8.26. The molecule has 1 unspecified atom stereocenters. The molecule has 0 aromatic carbocycles. The Hall–Kier alpha value is -1.42. The number of nitrogens with zero attached hydrogens (tertiary/aromatic N) is 4. The summed E-state index contributed by atoms with van der Waals surface area (Å²) in [6, 6.07) is 4.52. The molecule has 3 heterocycles. The minimum Gasteiger partial charge on any atom is -0.311 e. The van der Waals surface area contributed by atoms with Gasteiger partial charge in [-0.2, -0.15) is 0 Å². The summed E-state index contributed by atoms with van der Waals surface area (Å²) in [6.45, 7) is 10.1. The van der Waals surface area contributed by atoms with E-state index < -0.39 is 0 Å². The van der Waals surface area contributed by atoms with Gasteiger partial charge in [-0.3, -0.25) is 4.90 Å². The van der Waals surface area contributed by atoms with Crippen LogP contribution in [0.5, 0.6) is 0 Å². The van der Waals surface area contributed by atoms with E-state index in [1.807, 2.05) is 12.3 Å². The molecule has 114 valence electrons. The molecule has 3 rings (SSSR count). The summed E-state index contributed by atoms with van der Waals surface area (Å²) in [7, 11) is 0. The van der Waals surface area contributed by atoms with Crippen molar-refractivity contribution in [3.05, 3.63) is 24.2 Å². The second-order valence-electron chi connectivity index (χ2n) is 6.46. The molecule has 1 fully saturated rings. The van der Waals surface area contributed by atoms with Gasteiger partial charge in [-0.1, -0.05) is 27.2 Å². The van der Waals surface area contributed by atoms with Crippen LogP contribution in [-0.2, 0) is 6.54 Å². The van der Waals surface area contributed by atoms with Crippen LogP contribution in [0.3, 0.4) is 0 Å². The molecule has 21 heavy (non-hydrogen) atoms. The Labute approximate surface area is 127 Å². The van der Waals surface area contributed by atoms with Crippen molar-refractivity contribution in [2.75, 3.05) is 13.1 Å². The smallest absolute Gasteiger partial charge is 0.160 e. The Morgan fingerprint density at radius 2 is 2.19 bits per heavy atom. The monoisotopic (exact) mass is 286 g/mol. The number of fused-ring (bicyclic) bond motifs is 1. The van der Waals surface area contributed by atoms with Crippen LogP contribution in [0.4, 0.5) is 0 Å². The van der Waals surface area contributed by atoms with Gasteiger partial charge in [0.05, 0.1) is 6.04 Å². The fourth-order valence-corrected chi connectivity index (χ4v) is 3.44. The highest BCUT2D eigenvalue weighted by atomic mass is 15.2. The fourth-order valence-electron chi connectivity index (χ4n) is 3.44. The molecule has 0 bridgehead atoms. The summed E-state index contributed by atoms with van der Waals surface area (Å²) in [6.07, 6.45) is 5.71. The molecule has 4 heteroatoms. The molecule has 1 aliphatic heterocycles. The molecule has 4 nitrogen and oxygen atoms in total. The molecule has 0 amide bonds. The number of hydrogen-bond acceptors (Lipinski definition) is 3. The molecule has 1 saturated heterocycles. The minimum absolute atomic E-state index is 0.455. The van der Waals surface area contributed by atoms with E-state index in [-0.39, 0.29) is 0 Å². The van der Waals surface area contributed by atoms with Crippen molar-refractivity contribution in [2.45, 2.75) is 52.6 Å². The summed E-state index contributed by atoms with van der Waals surface area (Å²) in [5.74, 6) is 1.82. The normalized spacial score (nSPS) is 20.5. The zero-order chi connectivity index (χ0) is 14.8. The SMILES string of the molecule is CCN1CCCCC1c1nc2cccnc2n1CC(C)C. The number of piperidine rings is 1. The van der Waals surface area contributed by atoms with Gasteiger partial charge in [0.1, 0.15) is 11.3 Å². The summed E-state index contributed by atoms with van der Waals surface area (Å²) in [5.41, 5.74) is 2.08. The summed E-state index contributed by atoms with van der Waals surface area (Å²) >= 11 is 0. The van der Waals surface area contributed by atoms with Crippen LogP contribution in [0.2, 0.25) is 0 Å². The predicted octanol–water partition coefficient (Wildman–Crippen LogP) is 3.63. The number of imidazole rings is 1. The van der Waals surface area contributed by atoms with Gasteiger partial charge in [-0.05, 0) is 44.0 Å². The quantitative estimate of drug-likeness (QED) is 0.860. The molecule has 1 aliphatic rings. The third kappa shape index (κ3) is 2.82. The first-order chi connectivity index (χ1) is 10.2. The van der Waals surface area contributed by atoms with E-state index in [0.717, 1.165) is 24.3 Å². The van der Waals surface area contributed by atoms with Gasteiger partial charge < -0.3 is 4.57 Å². The molecular formula is C17H26N4. The van der Waals surface area contributed by atoms with E-state index in [1.54, 1.807) is 0 Å².